The van der Waals surface area contributed by atoms with Gasteiger partial charge in [-0.3, -0.25) is 0 Å². The highest BCUT2D eigenvalue weighted by molar-refractivity contribution is 9.10. The molecule has 1 unspecified atom stereocenters. The number of furan rings is 1. The molecule has 2 aromatic carbocycles. The van der Waals surface area contributed by atoms with Crippen LogP contribution in [0, 0.1) is 12.7 Å². The minimum atomic E-state index is -0.982. The highest BCUT2D eigenvalue weighted by Crippen LogP contribution is 2.31. The third-order valence-electron chi connectivity index (χ3n) is 3.29. The van der Waals surface area contributed by atoms with E-state index in [-0.39, 0.29) is 0 Å². The third-order valence-corrected chi connectivity index (χ3v) is 3.93. The molecule has 0 fully saturated rings. The minimum Gasteiger partial charge on any atom is -0.458 e. The van der Waals surface area contributed by atoms with Gasteiger partial charge in [0.05, 0.1) is 4.47 Å². The zero-order valence-corrected chi connectivity index (χ0v) is 12.3. The van der Waals surface area contributed by atoms with Crippen LogP contribution in [0.1, 0.15) is 23.0 Å². The van der Waals surface area contributed by atoms with Crippen molar-refractivity contribution in [2.75, 3.05) is 0 Å². The Kier molecular flexibility index (Phi) is 3.36. The smallest absolute Gasteiger partial charge is 0.138 e. The molecule has 1 heterocycles. The van der Waals surface area contributed by atoms with Crippen molar-refractivity contribution in [3.63, 3.8) is 0 Å². The number of aliphatic hydroxyl groups excluding tert-OH is 1. The molecule has 20 heavy (non-hydrogen) atoms. The van der Waals surface area contributed by atoms with Crippen molar-refractivity contribution in [1.29, 1.82) is 0 Å². The molecule has 0 radical (unpaired) electrons. The van der Waals surface area contributed by atoms with Crippen LogP contribution in [0.2, 0.25) is 0 Å². The number of benzene rings is 2. The maximum absolute atomic E-state index is 13.5. The van der Waals surface area contributed by atoms with Crippen LogP contribution in [0.4, 0.5) is 4.39 Å². The first kappa shape index (κ1) is 13.3. The van der Waals surface area contributed by atoms with Crippen LogP contribution in [0.3, 0.4) is 0 Å². The van der Waals surface area contributed by atoms with Gasteiger partial charge in [-0.05, 0) is 52.2 Å². The number of hydrogen-bond donors (Lipinski definition) is 1. The van der Waals surface area contributed by atoms with Gasteiger partial charge in [0, 0.05) is 5.39 Å². The van der Waals surface area contributed by atoms with E-state index in [1.54, 1.807) is 18.2 Å². The summed E-state index contributed by atoms with van der Waals surface area (Å²) in [5.41, 5.74) is 2.21. The molecule has 4 heteroatoms. The van der Waals surface area contributed by atoms with Crippen LogP contribution in [0.15, 0.2) is 51.4 Å². The highest BCUT2D eigenvalue weighted by atomic mass is 79.9. The molecule has 0 aliphatic rings. The van der Waals surface area contributed by atoms with Gasteiger partial charge in [0.2, 0.25) is 0 Å². The topological polar surface area (TPSA) is 33.4 Å². The lowest BCUT2D eigenvalue weighted by Gasteiger charge is -2.08. The van der Waals surface area contributed by atoms with Crippen molar-refractivity contribution < 1.29 is 13.9 Å². The first-order valence-electron chi connectivity index (χ1n) is 6.18. The van der Waals surface area contributed by atoms with Crippen LogP contribution in [0.25, 0.3) is 11.0 Å². The van der Waals surface area contributed by atoms with E-state index in [0.717, 1.165) is 16.5 Å². The Morgan fingerprint density at radius 1 is 1.20 bits per heavy atom. The maximum atomic E-state index is 13.5. The van der Waals surface area contributed by atoms with Crippen molar-refractivity contribution in [1.82, 2.24) is 0 Å². The molecule has 0 bridgehead atoms. The molecule has 1 N–H and O–H groups in total. The van der Waals surface area contributed by atoms with E-state index >= 15 is 0 Å². The standard InChI is InChI=1S/C16H12BrFO2/c1-9-3-2-4-11-8-14(20-16(9)11)15(19)10-5-6-12(17)13(18)7-10/h2-8,15,19H,1H3. The van der Waals surface area contributed by atoms with Gasteiger partial charge < -0.3 is 9.52 Å². The van der Waals surface area contributed by atoms with Crippen LogP contribution in [0.5, 0.6) is 0 Å². The molecular formula is C16H12BrFO2. The molecule has 3 rings (SSSR count). The normalized spacial score (nSPS) is 12.8. The van der Waals surface area contributed by atoms with Crippen LogP contribution >= 0.6 is 15.9 Å². The van der Waals surface area contributed by atoms with Gasteiger partial charge in [-0.1, -0.05) is 24.3 Å². The molecule has 1 atom stereocenters. The third kappa shape index (κ3) is 2.25. The Morgan fingerprint density at radius 3 is 2.70 bits per heavy atom. The summed E-state index contributed by atoms with van der Waals surface area (Å²) >= 11 is 3.09. The summed E-state index contributed by atoms with van der Waals surface area (Å²) < 4.78 is 19.6. The average Bonchev–Trinajstić information content (AvgIpc) is 2.86. The zero-order chi connectivity index (χ0) is 14.3. The summed E-state index contributed by atoms with van der Waals surface area (Å²) in [6.07, 6.45) is -0.982. The molecule has 0 spiro atoms. The van der Waals surface area contributed by atoms with Gasteiger partial charge in [0.1, 0.15) is 23.3 Å². The maximum Gasteiger partial charge on any atom is 0.138 e. The fourth-order valence-corrected chi connectivity index (χ4v) is 2.46. The summed E-state index contributed by atoms with van der Waals surface area (Å²) in [6, 6.07) is 12.1. The van der Waals surface area contributed by atoms with Crippen LogP contribution < -0.4 is 0 Å². The van der Waals surface area contributed by atoms with Gasteiger partial charge in [-0.25, -0.2) is 4.39 Å². The van der Waals surface area contributed by atoms with Gasteiger partial charge in [0.15, 0.2) is 0 Å². The first-order chi connectivity index (χ1) is 9.56. The summed E-state index contributed by atoms with van der Waals surface area (Å²) in [6.45, 7) is 1.95. The lowest BCUT2D eigenvalue weighted by Crippen LogP contribution is -1.98. The van der Waals surface area contributed by atoms with Gasteiger partial charge in [0.25, 0.3) is 0 Å². The molecule has 3 aromatic rings. The number of fused-ring (bicyclic) bond motifs is 1. The van der Waals surface area contributed by atoms with Crippen LogP contribution in [-0.4, -0.2) is 5.11 Å². The Labute approximate surface area is 124 Å². The Bertz CT molecular complexity index is 779. The number of aryl methyl sites for hydroxylation is 1. The van der Waals surface area contributed by atoms with E-state index < -0.39 is 11.9 Å². The highest BCUT2D eigenvalue weighted by Gasteiger charge is 2.17. The Morgan fingerprint density at radius 2 is 2.00 bits per heavy atom. The second-order valence-electron chi connectivity index (χ2n) is 4.72. The number of para-hydroxylation sites is 1. The molecular weight excluding hydrogens is 323 g/mol. The number of rotatable bonds is 2. The van der Waals surface area contributed by atoms with Gasteiger partial charge >= 0.3 is 0 Å². The lowest BCUT2D eigenvalue weighted by atomic mass is 10.1. The number of aliphatic hydroxyl groups is 1. The SMILES string of the molecule is Cc1cccc2cc(C(O)c3ccc(Br)c(F)c3)oc12. The van der Waals surface area contributed by atoms with Crippen LogP contribution in [-0.2, 0) is 0 Å². The minimum absolute atomic E-state index is 0.369. The monoisotopic (exact) mass is 334 g/mol. The molecule has 0 saturated carbocycles. The molecule has 102 valence electrons. The average molecular weight is 335 g/mol. The van der Waals surface area contributed by atoms with E-state index in [1.165, 1.54) is 6.07 Å². The van der Waals surface area contributed by atoms with Crippen molar-refractivity contribution in [2.45, 2.75) is 13.0 Å². The molecule has 1 aromatic heterocycles. The van der Waals surface area contributed by atoms with E-state index in [0.29, 0.717) is 15.8 Å². The Balaban J connectivity index is 2.05. The van der Waals surface area contributed by atoms with Crippen molar-refractivity contribution in [3.05, 3.63) is 69.6 Å². The summed E-state index contributed by atoms with van der Waals surface area (Å²) in [7, 11) is 0. The predicted octanol–water partition coefficient (Wildman–Crippen LogP) is 4.72. The van der Waals surface area contributed by atoms with E-state index in [9.17, 15) is 9.50 Å². The fourth-order valence-electron chi connectivity index (χ4n) is 2.21. The Hall–Kier alpha value is -1.65. The first-order valence-corrected chi connectivity index (χ1v) is 6.97. The summed E-state index contributed by atoms with van der Waals surface area (Å²) in [5, 5.41) is 11.3. The van der Waals surface area contributed by atoms with E-state index in [4.69, 9.17) is 4.42 Å². The van der Waals surface area contributed by atoms with E-state index in [1.807, 2.05) is 25.1 Å². The zero-order valence-electron chi connectivity index (χ0n) is 10.7. The number of hydrogen-bond acceptors (Lipinski definition) is 2. The summed E-state index contributed by atoms with van der Waals surface area (Å²) in [5.74, 6) is 0.00450. The predicted molar refractivity (Wildman–Crippen MR) is 79.1 cm³/mol. The largest absolute Gasteiger partial charge is 0.458 e. The molecule has 0 saturated heterocycles. The van der Waals surface area contributed by atoms with E-state index in [2.05, 4.69) is 15.9 Å². The fraction of sp³-hybridized carbons (Fsp3) is 0.125. The second-order valence-corrected chi connectivity index (χ2v) is 5.57. The van der Waals surface area contributed by atoms with Crippen molar-refractivity contribution in [3.8, 4) is 0 Å². The molecule has 0 aliphatic carbocycles. The molecule has 0 aliphatic heterocycles. The quantitative estimate of drug-likeness (QED) is 0.735. The van der Waals surface area contributed by atoms with Crippen molar-refractivity contribution >= 4 is 26.9 Å². The molecule has 0 amide bonds. The second kappa shape index (κ2) is 5.04. The van der Waals surface area contributed by atoms with Gasteiger partial charge in [-0.15, -0.1) is 0 Å². The summed E-state index contributed by atoms with van der Waals surface area (Å²) in [4.78, 5) is 0. The molecule has 2 nitrogen and oxygen atoms in total. The van der Waals surface area contributed by atoms with Gasteiger partial charge in [-0.2, -0.15) is 0 Å². The lowest BCUT2D eigenvalue weighted by molar-refractivity contribution is 0.192. The van der Waals surface area contributed by atoms with Crippen molar-refractivity contribution in [2.24, 2.45) is 0 Å². The number of halogens is 2.